The third-order valence-electron chi connectivity index (χ3n) is 4.86. The Labute approximate surface area is 151 Å². The number of amides is 2. The number of hydrogen-bond donors (Lipinski definition) is 1. The molecule has 4 rings (SSSR count). The van der Waals surface area contributed by atoms with E-state index in [1.807, 2.05) is 17.0 Å². The number of thioether (sulfide) groups is 1. The third-order valence-corrected chi connectivity index (χ3v) is 5.93. The maximum Gasteiger partial charge on any atom is 0.254 e. The number of benzene rings is 1. The molecule has 2 fully saturated rings. The van der Waals surface area contributed by atoms with Gasteiger partial charge in [0.1, 0.15) is 0 Å². The van der Waals surface area contributed by atoms with Gasteiger partial charge >= 0.3 is 0 Å². The minimum atomic E-state index is -0.319. The number of piperidine rings is 1. The molecule has 2 amide bonds. The predicted octanol–water partition coefficient (Wildman–Crippen LogP) is 2.49. The fourth-order valence-electron chi connectivity index (χ4n) is 3.61. The van der Waals surface area contributed by atoms with Crippen molar-refractivity contribution in [1.29, 1.82) is 0 Å². The first-order chi connectivity index (χ1) is 12.2. The minimum absolute atomic E-state index is 0.000506. The molecule has 1 N–H and O–H groups in total. The lowest BCUT2D eigenvalue weighted by Gasteiger charge is -2.38. The molecule has 0 bridgehead atoms. The highest BCUT2D eigenvalue weighted by Gasteiger charge is 2.36. The summed E-state index contributed by atoms with van der Waals surface area (Å²) in [6, 6.07) is 5.55. The molecule has 0 aromatic heterocycles. The summed E-state index contributed by atoms with van der Waals surface area (Å²) in [5.74, 6) is 0.742. The quantitative estimate of drug-likeness (QED) is 0.875. The molecule has 2 saturated heterocycles. The summed E-state index contributed by atoms with van der Waals surface area (Å²) in [5, 5.41) is 2.91. The molecule has 0 saturated carbocycles. The summed E-state index contributed by atoms with van der Waals surface area (Å²) >= 11 is 1.64. The number of nitrogens with zero attached hydrogens (tertiary/aromatic N) is 1. The number of likely N-dealkylation sites (tertiary alicyclic amines) is 1. The average molecular weight is 362 g/mol. The molecule has 3 aliphatic rings. The fraction of sp³-hybridized carbons (Fsp3) is 0.556. The number of ether oxygens (including phenoxy) is 2. The fourth-order valence-corrected chi connectivity index (χ4v) is 4.55. The zero-order chi connectivity index (χ0) is 17.2. The van der Waals surface area contributed by atoms with E-state index in [9.17, 15) is 9.59 Å². The standard InChI is InChI=1S/C18H22N2O4S/c21-16-6-10-25-15-5-4-12(11-13(15)19-16)17(22)20-7-2-1-3-14(20)18-23-8-9-24-18/h4-5,11,14,18H,1-3,6-10H2,(H,19,21). The molecule has 3 heterocycles. The molecule has 1 unspecified atom stereocenters. The normalized spacial score (nSPS) is 24.6. The lowest BCUT2D eigenvalue weighted by molar-refractivity contribution is -0.115. The van der Waals surface area contributed by atoms with Crippen LogP contribution in [0.5, 0.6) is 0 Å². The van der Waals surface area contributed by atoms with Crippen molar-refractivity contribution < 1.29 is 19.1 Å². The molecule has 1 atom stereocenters. The van der Waals surface area contributed by atoms with Gasteiger partial charge in [0.15, 0.2) is 6.29 Å². The van der Waals surface area contributed by atoms with Crippen molar-refractivity contribution in [2.24, 2.45) is 0 Å². The summed E-state index contributed by atoms with van der Waals surface area (Å²) in [5.41, 5.74) is 1.34. The highest BCUT2D eigenvalue weighted by atomic mass is 32.2. The Hall–Kier alpha value is -1.57. The van der Waals surface area contributed by atoms with Gasteiger partial charge in [0, 0.05) is 29.2 Å². The number of fused-ring (bicyclic) bond motifs is 1. The minimum Gasteiger partial charge on any atom is -0.348 e. The number of carbonyl (C=O) groups excluding carboxylic acids is 2. The lowest BCUT2D eigenvalue weighted by Crippen LogP contribution is -2.50. The highest BCUT2D eigenvalue weighted by Crippen LogP contribution is 2.33. The maximum absolute atomic E-state index is 13.1. The van der Waals surface area contributed by atoms with Crippen LogP contribution in [-0.4, -0.2) is 54.6 Å². The summed E-state index contributed by atoms with van der Waals surface area (Å²) in [6.45, 7) is 1.89. The maximum atomic E-state index is 13.1. The van der Waals surface area contributed by atoms with Crippen molar-refractivity contribution in [3.05, 3.63) is 23.8 Å². The molecule has 3 aliphatic heterocycles. The van der Waals surface area contributed by atoms with E-state index in [4.69, 9.17) is 9.47 Å². The van der Waals surface area contributed by atoms with Crippen LogP contribution in [-0.2, 0) is 14.3 Å². The van der Waals surface area contributed by atoms with Crippen molar-refractivity contribution in [2.45, 2.75) is 42.9 Å². The first kappa shape index (κ1) is 16.9. The van der Waals surface area contributed by atoms with Crippen molar-refractivity contribution in [2.75, 3.05) is 30.8 Å². The molecule has 0 radical (unpaired) electrons. The molecule has 0 spiro atoms. The molecule has 134 valence electrons. The Balaban J connectivity index is 1.57. The molecular formula is C18H22N2O4S. The van der Waals surface area contributed by atoms with Crippen molar-refractivity contribution in [3.8, 4) is 0 Å². The summed E-state index contributed by atoms with van der Waals surface area (Å²) < 4.78 is 11.3. The van der Waals surface area contributed by atoms with E-state index >= 15 is 0 Å². The van der Waals surface area contributed by atoms with Crippen LogP contribution in [0.1, 0.15) is 36.0 Å². The number of rotatable bonds is 2. The number of anilines is 1. The average Bonchev–Trinajstić information content (AvgIpc) is 3.10. The van der Waals surface area contributed by atoms with E-state index in [1.54, 1.807) is 17.8 Å². The molecule has 6 nitrogen and oxygen atoms in total. The van der Waals surface area contributed by atoms with Crippen LogP contribution in [0.25, 0.3) is 0 Å². The molecular weight excluding hydrogens is 340 g/mol. The molecule has 1 aromatic rings. The van der Waals surface area contributed by atoms with Gasteiger partial charge in [0.25, 0.3) is 5.91 Å². The summed E-state index contributed by atoms with van der Waals surface area (Å²) in [6.07, 6.45) is 3.14. The predicted molar refractivity (Wildman–Crippen MR) is 94.8 cm³/mol. The lowest BCUT2D eigenvalue weighted by atomic mass is 10.00. The highest BCUT2D eigenvalue weighted by molar-refractivity contribution is 7.99. The van der Waals surface area contributed by atoms with Gasteiger partial charge in [-0.3, -0.25) is 9.59 Å². The summed E-state index contributed by atoms with van der Waals surface area (Å²) in [4.78, 5) is 27.8. The van der Waals surface area contributed by atoms with Gasteiger partial charge in [-0.15, -0.1) is 11.8 Å². The number of nitrogens with one attached hydrogen (secondary N) is 1. The van der Waals surface area contributed by atoms with E-state index in [0.717, 1.165) is 35.6 Å². The van der Waals surface area contributed by atoms with Crippen molar-refractivity contribution >= 4 is 29.3 Å². The number of hydrogen-bond acceptors (Lipinski definition) is 5. The van der Waals surface area contributed by atoms with Gasteiger partial charge in [-0.1, -0.05) is 0 Å². The Morgan fingerprint density at radius 3 is 2.92 bits per heavy atom. The Morgan fingerprint density at radius 1 is 1.24 bits per heavy atom. The largest absolute Gasteiger partial charge is 0.348 e. The third kappa shape index (κ3) is 3.54. The monoisotopic (exact) mass is 362 g/mol. The van der Waals surface area contributed by atoms with Crippen LogP contribution in [0.15, 0.2) is 23.1 Å². The van der Waals surface area contributed by atoms with Gasteiger partial charge in [-0.25, -0.2) is 0 Å². The molecule has 1 aromatic carbocycles. The molecule has 25 heavy (non-hydrogen) atoms. The number of carbonyl (C=O) groups is 2. The molecule has 0 aliphatic carbocycles. The van der Waals surface area contributed by atoms with Crippen LogP contribution in [0.2, 0.25) is 0 Å². The van der Waals surface area contributed by atoms with Gasteiger partial charge in [-0.05, 0) is 37.5 Å². The van der Waals surface area contributed by atoms with E-state index < -0.39 is 0 Å². The Kier molecular flexibility index (Phi) is 4.96. The Morgan fingerprint density at radius 2 is 2.08 bits per heavy atom. The SMILES string of the molecule is O=C1CCSc2ccc(C(=O)N3CCCCC3C3OCCO3)cc2N1. The summed E-state index contributed by atoms with van der Waals surface area (Å²) in [7, 11) is 0. The van der Waals surface area contributed by atoms with E-state index in [-0.39, 0.29) is 24.1 Å². The van der Waals surface area contributed by atoms with Gasteiger partial charge in [0.2, 0.25) is 5.91 Å². The molecule has 7 heteroatoms. The Bertz CT molecular complexity index is 675. The van der Waals surface area contributed by atoms with E-state index in [0.29, 0.717) is 31.7 Å². The second-order valence-electron chi connectivity index (χ2n) is 6.53. The van der Waals surface area contributed by atoms with Crippen molar-refractivity contribution in [3.63, 3.8) is 0 Å². The van der Waals surface area contributed by atoms with Crippen LogP contribution in [0.3, 0.4) is 0 Å². The van der Waals surface area contributed by atoms with Crippen LogP contribution in [0, 0.1) is 0 Å². The van der Waals surface area contributed by atoms with Crippen LogP contribution in [0.4, 0.5) is 5.69 Å². The van der Waals surface area contributed by atoms with Gasteiger partial charge < -0.3 is 19.7 Å². The van der Waals surface area contributed by atoms with E-state index in [1.165, 1.54) is 0 Å². The van der Waals surface area contributed by atoms with Crippen LogP contribution >= 0.6 is 11.8 Å². The van der Waals surface area contributed by atoms with Crippen LogP contribution < -0.4 is 5.32 Å². The second kappa shape index (κ2) is 7.35. The van der Waals surface area contributed by atoms with Crippen molar-refractivity contribution in [1.82, 2.24) is 4.90 Å². The zero-order valence-corrected chi connectivity index (χ0v) is 14.8. The zero-order valence-electron chi connectivity index (χ0n) is 14.0. The van der Waals surface area contributed by atoms with Gasteiger partial charge in [-0.2, -0.15) is 0 Å². The topological polar surface area (TPSA) is 67.9 Å². The van der Waals surface area contributed by atoms with E-state index in [2.05, 4.69) is 5.32 Å². The second-order valence-corrected chi connectivity index (χ2v) is 7.67. The first-order valence-electron chi connectivity index (χ1n) is 8.83. The first-order valence-corrected chi connectivity index (χ1v) is 9.82. The smallest absolute Gasteiger partial charge is 0.254 e. The van der Waals surface area contributed by atoms with Gasteiger partial charge in [0.05, 0.1) is 24.9 Å².